The first-order chi connectivity index (χ1) is 10.3. The molecular weight excluding hydrogens is 288 g/mol. The average molecular weight is 311 g/mol. The van der Waals surface area contributed by atoms with Gasteiger partial charge in [0.15, 0.2) is 11.5 Å². The topological polar surface area (TPSA) is 27.7 Å². The molecule has 1 saturated carbocycles. The fourth-order valence-corrected chi connectivity index (χ4v) is 3.79. The minimum absolute atomic E-state index is 0.0616. The summed E-state index contributed by atoms with van der Waals surface area (Å²) in [5.41, 5.74) is 1.05. The number of ether oxygens (including phenoxy) is 3. The van der Waals surface area contributed by atoms with E-state index in [2.05, 4.69) is 0 Å². The van der Waals surface area contributed by atoms with E-state index in [1.54, 1.807) is 7.11 Å². The molecule has 3 nitrogen and oxygen atoms in total. The molecule has 21 heavy (non-hydrogen) atoms. The molecule has 1 heterocycles. The van der Waals surface area contributed by atoms with Gasteiger partial charge in [0.1, 0.15) is 6.10 Å². The summed E-state index contributed by atoms with van der Waals surface area (Å²) in [5, 5.41) is 0. The third kappa shape index (κ3) is 3.14. The molecule has 0 N–H and O–H groups in total. The van der Waals surface area contributed by atoms with E-state index in [0.717, 1.165) is 36.5 Å². The van der Waals surface area contributed by atoms with Crippen LogP contribution in [0.4, 0.5) is 0 Å². The van der Waals surface area contributed by atoms with Gasteiger partial charge in [-0.3, -0.25) is 0 Å². The van der Waals surface area contributed by atoms with Crippen LogP contribution in [0.25, 0.3) is 0 Å². The van der Waals surface area contributed by atoms with Gasteiger partial charge in [-0.05, 0) is 18.9 Å². The van der Waals surface area contributed by atoms with Crippen LogP contribution in [-0.4, -0.2) is 25.4 Å². The summed E-state index contributed by atoms with van der Waals surface area (Å²) >= 11 is 6.04. The first-order valence-electron chi connectivity index (χ1n) is 7.79. The lowest BCUT2D eigenvalue weighted by Crippen LogP contribution is -2.41. The van der Waals surface area contributed by atoms with Gasteiger partial charge in [-0.2, -0.15) is 0 Å². The Morgan fingerprint density at radius 1 is 1.33 bits per heavy atom. The summed E-state index contributed by atoms with van der Waals surface area (Å²) in [4.78, 5) is 0. The molecule has 1 atom stereocenters. The van der Waals surface area contributed by atoms with Crippen LogP contribution in [0.5, 0.6) is 11.5 Å². The smallest absolute Gasteiger partial charge is 0.165 e. The lowest BCUT2D eigenvalue weighted by molar-refractivity contribution is -0.108. The highest BCUT2D eigenvalue weighted by molar-refractivity contribution is 6.17. The average Bonchev–Trinajstić information content (AvgIpc) is 2.95. The van der Waals surface area contributed by atoms with Crippen molar-refractivity contribution < 1.29 is 14.2 Å². The van der Waals surface area contributed by atoms with Crippen molar-refractivity contribution in [3.05, 3.63) is 23.8 Å². The maximum atomic E-state index is 6.30. The van der Waals surface area contributed by atoms with Crippen LogP contribution in [0.1, 0.15) is 44.1 Å². The summed E-state index contributed by atoms with van der Waals surface area (Å²) in [6.07, 6.45) is 6.98. The number of benzene rings is 1. The van der Waals surface area contributed by atoms with Crippen LogP contribution in [0.2, 0.25) is 0 Å². The van der Waals surface area contributed by atoms with E-state index in [4.69, 9.17) is 25.8 Å². The fourth-order valence-electron chi connectivity index (χ4n) is 3.58. The van der Waals surface area contributed by atoms with Crippen molar-refractivity contribution in [3.8, 4) is 11.5 Å². The Morgan fingerprint density at radius 3 is 2.86 bits per heavy atom. The number of hydrogen-bond acceptors (Lipinski definition) is 3. The van der Waals surface area contributed by atoms with E-state index in [-0.39, 0.29) is 11.7 Å². The fraction of sp³-hybridized carbons (Fsp3) is 0.647. The standard InChI is InChI=1S/C17H23ClO3/c1-19-15-6-4-5-13(12-18)16(15)21-14-7-10-20-17(11-14)8-2-3-9-17/h4-6,14H,2-3,7-12H2,1H3. The molecule has 0 amide bonds. The molecule has 0 aromatic heterocycles. The largest absolute Gasteiger partial charge is 0.493 e. The van der Waals surface area contributed by atoms with Crippen molar-refractivity contribution >= 4 is 11.6 Å². The molecule has 1 spiro atoms. The molecule has 1 saturated heterocycles. The third-order valence-electron chi connectivity index (χ3n) is 4.67. The molecule has 0 bridgehead atoms. The number of hydrogen-bond donors (Lipinski definition) is 0. The minimum atomic E-state index is 0.0616. The first kappa shape index (κ1) is 15.0. The number of halogens is 1. The van der Waals surface area contributed by atoms with Crippen LogP contribution in [-0.2, 0) is 10.6 Å². The van der Waals surface area contributed by atoms with E-state index in [1.165, 1.54) is 25.7 Å². The second-order valence-electron chi connectivity index (χ2n) is 6.05. The Hall–Kier alpha value is -0.930. The van der Waals surface area contributed by atoms with E-state index in [0.29, 0.717) is 5.88 Å². The van der Waals surface area contributed by atoms with Gasteiger partial charge < -0.3 is 14.2 Å². The highest BCUT2D eigenvalue weighted by atomic mass is 35.5. The van der Waals surface area contributed by atoms with Gasteiger partial charge in [0.25, 0.3) is 0 Å². The summed E-state index contributed by atoms with van der Waals surface area (Å²) in [6.45, 7) is 0.788. The van der Waals surface area contributed by atoms with Crippen LogP contribution in [0, 0.1) is 0 Å². The highest BCUT2D eigenvalue weighted by Gasteiger charge is 2.41. The lowest BCUT2D eigenvalue weighted by atomic mass is 9.90. The van der Waals surface area contributed by atoms with E-state index < -0.39 is 0 Å². The van der Waals surface area contributed by atoms with Gasteiger partial charge in [-0.15, -0.1) is 11.6 Å². The van der Waals surface area contributed by atoms with E-state index >= 15 is 0 Å². The van der Waals surface area contributed by atoms with Gasteiger partial charge in [0.05, 0.1) is 25.2 Å². The molecule has 2 aliphatic rings. The molecule has 2 fully saturated rings. The van der Waals surface area contributed by atoms with Crippen LogP contribution in [0.15, 0.2) is 18.2 Å². The van der Waals surface area contributed by atoms with Crippen molar-refractivity contribution in [2.24, 2.45) is 0 Å². The van der Waals surface area contributed by atoms with E-state index in [9.17, 15) is 0 Å². The van der Waals surface area contributed by atoms with E-state index in [1.807, 2.05) is 18.2 Å². The quantitative estimate of drug-likeness (QED) is 0.776. The molecule has 1 aromatic carbocycles. The summed E-state index contributed by atoms with van der Waals surface area (Å²) in [5.74, 6) is 2.00. The first-order valence-corrected chi connectivity index (χ1v) is 8.32. The Morgan fingerprint density at radius 2 is 2.14 bits per heavy atom. The number of rotatable bonds is 4. The molecule has 0 radical (unpaired) electrons. The van der Waals surface area contributed by atoms with Gasteiger partial charge in [-0.1, -0.05) is 25.0 Å². The summed E-state index contributed by atoms with van der Waals surface area (Å²) in [6, 6.07) is 5.87. The highest BCUT2D eigenvalue weighted by Crippen LogP contribution is 2.42. The molecule has 4 heteroatoms. The Bertz CT molecular complexity index is 461. The predicted molar refractivity (Wildman–Crippen MR) is 83.4 cm³/mol. The molecule has 1 aliphatic carbocycles. The van der Waals surface area contributed by atoms with Gasteiger partial charge >= 0.3 is 0 Å². The predicted octanol–water partition coefficient (Wildman–Crippen LogP) is 4.30. The molecule has 1 aromatic rings. The van der Waals surface area contributed by atoms with Crippen molar-refractivity contribution in [2.45, 2.75) is 56.1 Å². The zero-order chi connectivity index (χ0) is 14.7. The molecule has 3 rings (SSSR count). The van der Waals surface area contributed by atoms with Crippen molar-refractivity contribution in [2.75, 3.05) is 13.7 Å². The monoisotopic (exact) mass is 310 g/mol. The van der Waals surface area contributed by atoms with Crippen molar-refractivity contribution in [1.29, 1.82) is 0 Å². The second-order valence-corrected chi connectivity index (χ2v) is 6.32. The van der Waals surface area contributed by atoms with Crippen LogP contribution >= 0.6 is 11.6 Å². The zero-order valence-corrected chi connectivity index (χ0v) is 13.3. The molecule has 1 aliphatic heterocycles. The number of para-hydroxylation sites is 1. The summed E-state index contributed by atoms with van der Waals surface area (Å²) in [7, 11) is 1.67. The maximum Gasteiger partial charge on any atom is 0.165 e. The van der Waals surface area contributed by atoms with Crippen molar-refractivity contribution in [3.63, 3.8) is 0 Å². The normalized spacial score (nSPS) is 24.2. The Balaban J connectivity index is 1.77. The van der Waals surface area contributed by atoms with Gasteiger partial charge in [0.2, 0.25) is 0 Å². The van der Waals surface area contributed by atoms with Gasteiger partial charge in [0, 0.05) is 18.4 Å². The lowest BCUT2D eigenvalue weighted by Gasteiger charge is -2.38. The number of methoxy groups -OCH3 is 1. The molecule has 1 unspecified atom stereocenters. The molecular formula is C17H23ClO3. The summed E-state index contributed by atoms with van der Waals surface area (Å²) < 4.78 is 17.8. The van der Waals surface area contributed by atoms with Crippen molar-refractivity contribution in [1.82, 2.24) is 0 Å². The zero-order valence-electron chi connectivity index (χ0n) is 12.6. The second kappa shape index (κ2) is 6.45. The van der Waals surface area contributed by atoms with Gasteiger partial charge in [-0.25, -0.2) is 0 Å². The maximum absolute atomic E-state index is 6.30. The Kier molecular flexibility index (Phi) is 4.60. The van der Waals surface area contributed by atoms with Crippen LogP contribution in [0.3, 0.4) is 0 Å². The Labute approximate surface area is 131 Å². The SMILES string of the molecule is COc1cccc(CCl)c1OC1CCOC2(CCCC2)C1. The van der Waals surface area contributed by atoms with Crippen LogP contribution < -0.4 is 9.47 Å². The third-order valence-corrected chi connectivity index (χ3v) is 4.96. The minimum Gasteiger partial charge on any atom is -0.493 e. The molecule has 116 valence electrons. The number of alkyl halides is 1.